The third-order valence-corrected chi connectivity index (χ3v) is 3.72. The highest BCUT2D eigenvalue weighted by Crippen LogP contribution is 2.29. The third-order valence-electron chi connectivity index (χ3n) is 3.72. The van der Waals surface area contributed by atoms with Crippen molar-refractivity contribution in [2.45, 2.75) is 19.4 Å². The van der Waals surface area contributed by atoms with Gasteiger partial charge in [-0.15, -0.1) is 0 Å². The summed E-state index contributed by atoms with van der Waals surface area (Å²) in [5.41, 5.74) is 3.69. The summed E-state index contributed by atoms with van der Waals surface area (Å²) in [5.74, 6) is -0.0859. The highest BCUT2D eigenvalue weighted by atomic mass is 16.2. The van der Waals surface area contributed by atoms with E-state index in [1.165, 1.54) is 0 Å². The molecule has 1 amide bonds. The van der Waals surface area contributed by atoms with Crippen LogP contribution in [-0.2, 0) is 6.54 Å². The van der Waals surface area contributed by atoms with Gasteiger partial charge in [0, 0.05) is 11.3 Å². The van der Waals surface area contributed by atoms with Crippen LogP contribution in [0.25, 0.3) is 0 Å². The highest BCUT2D eigenvalue weighted by molar-refractivity contribution is 6.09. The van der Waals surface area contributed by atoms with Gasteiger partial charge in [-0.3, -0.25) is 4.79 Å². The molecule has 1 atom stereocenters. The van der Waals surface area contributed by atoms with Gasteiger partial charge in [0.2, 0.25) is 0 Å². The van der Waals surface area contributed by atoms with Gasteiger partial charge in [-0.25, -0.2) is 0 Å². The maximum atomic E-state index is 12.3. The maximum Gasteiger partial charge on any atom is 0.258 e. The predicted octanol–water partition coefficient (Wildman–Crippen LogP) is 3.47. The van der Waals surface area contributed by atoms with E-state index in [1.54, 1.807) is 4.90 Å². The Hall–Kier alpha value is -2.60. The fourth-order valence-electron chi connectivity index (χ4n) is 2.48. The van der Waals surface area contributed by atoms with Crippen molar-refractivity contribution in [2.75, 3.05) is 4.90 Å². The Kier molecular flexibility index (Phi) is 3.00. The zero-order chi connectivity index (χ0) is 14.1. The number of hydrogen-bond donors (Lipinski definition) is 0. The molecule has 1 unspecified atom stereocenters. The van der Waals surface area contributed by atoms with E-state index in [0.717, 1.165) is 22.4 Å². The Balaban J connectivity index is 1.89. The smallest absolute Gasteiger partial charge is 0.258 e. The highest BCUT2D eigenvalue weighted by Gasteiger charge is 2.27. The van der Waals surface area contributed by atoms with Gasteiger partial charge in [0.1, 0.15) is 0 Å². The second-order valence-electron chi connectivity index (χ2n) is 4.99. The van der Waals surface area contributed by atoms with Gasteiger partial charge in [-0.1, -0.05) is 30.3 Å². The van der Waals surface area contributed by atoms with Gasteiger partial charge >= 0.3 is 0 Å². The molecule has 3 heteroatoms. The number of benzene rings is 2. The molecular weight excluding hydrogens is 248 g/mol. The lowest BCUT2D eigenvalue weighted by Gasteiger charge is -2.16. The summed E-state index contributed by atoms with van der Waals surface area (Å²) in [4.78, 5) is 14.1. The van der Waals surface area contributed by atoms with Gasteiger partial charge in [-0.2, -0.15) is 5.26 Å². The van der Waals surface area contributed by atoms with Crippen molar-refractivity contribution >= 4 is 11.6 Å². The van der Waals surface area contributed by atoms with Crippen LogP contribution in [0.5, 0.6) is 0 Å². The summed E-state index contributed by atoms with van der Waals surface area (Å²) < 4.78 is 0. The quantitative estimate of drug-likeness (QED) is 0.831. The minimum atomic E-state index is -0.129. The standard InChI is InChI=1S/C17H14N2O/c1-12(10-18)13-6-8-15(9-7-13)19-11-14-4-2-3-5-16(14)17(19)20/h2-9,12H,11H2,1H3. The molecule has 1 aliphatic rings. The summed E-state index contributed by atoms with van der Waals surface area (Å²) in [7, 11) is 0. The molecule has 0 fully saturated rings. The molecule has 2 aromatic rings. The number of amides is 1. The molecule has 3 nitrogen and oxygen atoms in total. The van der Waals surface area contributed by atoms with Crippen molar-refractivity contribution in [3.63, 3.8) is 0 Å². The average Bonchev–Trinajstić information content (AvgIpc) is 2.84. The average molecular weight is 262 g/mol. The van der Waals surface area contributed by atoms with Crippen LogP contribution in [0.15, 0.2) is 48.5 Å². The lowest BCUT2D eigenvalue weighted by Crippen LogP contribution is -2.22. The van der Waals surface area contributed by atoms with E-state index in [1.807, 2.05) is 55.5 Å². The van der Waals surface area contributed by atoms with Crippen LogP contribution in [-0.4, -0.2) is 5.91 Å². The Morgan fingerprint density at radius 1 is 1.15 bits per heavy atom. The van der Waals surface area contributed by atoms with E-state index in [2.05, 4.69) is 6.07 Å². The van der Waals surface area contributed by atoms with E-state index in [9.17, 15) is 4.79 Å². The first-order valence-electron chi connectivity index (χ1n) is 6.60. The normalized spacial score (nSPS) is 14.8. The lowest BCUT2D eigenvalue weighted by atomic mass is 10.0. The van der Waals surface area contributed by atoms with Crippen LogP contribution in [0.4, 0.5) is 5.69 Å². The van der Waals surface area contributed by atoms with Gasteiger partial charge in [0.25, 0.3) is 5.91 Å². The summed E-state index contributed by atoms with van der Waals surface area (Å²) in [6, 6.07) is 17.6. The molecule has 0 bridgehead atoms. The molecule has 3 rings (SSSR count). The number of rotatable bonds is 2. The molecule has 0 saturated heterocycles. The third kappa shape index (κ3) is 1.96. The molecule has 1 aliphatic heterocycles. The van der Waals surface area contributed by atoms with Crippen LogP contribution < -0.4 is 4.90 Å². The van der Waals surface area contributed by atoms with Crippen LogP contribution >= 0.6 is 0 Å². The fourth-order valence-corrected chi connectivity index (χ4v) is 2.48. The Labute approximate surface area is 118 Å². The number of carbonyl (C=O) groups excluding carboxylic acids is 1. The number of nitrogens with zero attached hydrogens (tertiary/aromatic N) is 2. The Morgan fingerprint density at radius 2 is 1.85 bits per heavy atom. The van der Waals surface area contributed by atoms with Crippen molar-refractivity contribution in [3.8, 4) is 6.07 Å². The molecule has 20 heavy (non-hydrogen) atoms. The molecule has 0 aliphatic carbocycles. The SMILES string of the molecule is CC(C#N)c1ccc(N2Cc3ccccc3C2=O)cc1. The van der Waals surface area contributed by atoms with Crippen molar-refractivity contribution in [2.24, 2.45) is 0 Å². The molecule has 0 radical (unpaired) electrons. The first-order chi connectivity index (χ1) is 9.70. The summed E-state index contributed by atoms with van der Waals surface area (Å²) >= 11 is 0. The maximum absolute atomic E-state index is 12.3. The van der Waals surface area contributed by atoms with Gasteiger partial charge in [-0.05, 0) is 36.2 Å². The van der Waals surface area contributed by atoms with Crippen LogP contribution in [0.2, 0.25) is 0 Å². The van der Waals surface area contributed by atoms with Crippen molar-refractivity contribution < 1.29 is 4.79 Å². The molecule has 0 aromatic heterocycles. The zero-order valence-electron chi connectivity index (χ0n) is 11.2. The molecule has 0 spiro atoms. The summed E-state index contributed by atoms with van der Waals surface area (Å²) in [5, 5.41) is 8.91. The molecule has 1 heterocycles. The molecule has 0 saturated carbocycles. The van der Waals surface area contributed by atoms with Gasteiger partial charge < -0.3 is 4.90 Å². The monoisotopic (exact) mass is 262 g/mol. The Morgan fingerprint density at radius 3 is 2.50 bits per heavy atom. The molecule has 98 valence electrons. The minimum absolute atomic E-state index is 0.0432. The van der Waals surface area contributed by atoms with Crippen molar-refractivity contribution in [1.29, 1.82) is 5.26 Å². The second-order valence-corrected chi connectivity index (χ2v) is 4.99. The topological polar surface area (TPSA) is 44.1 Å². The second kappa shape index (κ2) is 4.82. The predicted molar refractivity (Wildman–Crippen MR) is 77.4 cm³/mol. The van der Waals surface area contributed by atoms with E-state index in [4.69, 9.17) is 5.26 Å². The first kappa shape index (κ1) is 12.4. The van der Waals surface area contributed by atoms with Gasteiger partial charge in [0.15, 0.2) is 0 Å². The molecule has 0 N–H and O–H groups in total. The zero-order valence-corrected chi connectivity index (χ0v) is 11.2. The lowest BCUT2D eigenvalue weighted by molar-refractivity contribution is 0.0996. The molecular formula is C17H14N2O. The number of nitriles is 1. The van der Waals surface area contributed by atoms with E-state index in [0.29, 0.717) is 6.54 Å². The number of anilines is 1. The largest absolute Gasteiger partial charge is 0.304 e. The first-order valence-corrected chi connectivity index (χ1v) is 6.60. The fraction of sp³-hybridized carbons (Fsp3) is 0.176. The molecule has 2 aromatic carbocycles. The summed E-state index contributed by atoms with van der Waals surface area (Å²) in [6.45, 7) is 2.48. The van der Waals surface area contributed by atoms with Crippen LogP contribution in [0.3, 0.4) is 0 Å². The van der Waals surface area contributed by atoms with Gasteiger partial charge in [0.05, 0.1) is 18.5 Å². The summed E-state index contributed by atoms with van der Waals surface area (Å²) in [6.07, 6.45) is 0. The number of hydrogen-bond acceptors (Lipinski definition) is 2. The number of fused-ring (bicyclic) bond motifs is 1. The Bertz CT molecular complexity index is 698. The van der Waals surface area contributed by atoms with Crippen LogP contribution in [0, 0.1) is 11.3 Å². The van der Waals surface area contributed by atoms with Crippen molar-refractivity contribution in [3.05, 3.63) is 65.2 Å². The number of carbonyl (C=O) groups is 1. The van der Waals surface area contributed by atoms with E-state index >= 15 is 0 Å². The van der Waals surface area contributed by atoms with E-state index < -0.39 is 0 Å². The van der Waals surface area contributed by atoms with Crippen LogP contribution in [0.1, 0.15) is 34.3 Å². The van der Waals surface area contributed by atoms with E-state index in [-0.39, 0.29) is 11.8 Å². The minimum Gasteiger partial charge on any atom is -0.304 e. The van der Waals surface area contributed by atoms with Crippen molar-refractivity contribution in [1.82, 2.24) is 0 Å².